The summed E-state index contributed by atoms with van der Waals surface area (Å²) < 4.78 is 26.6. The fraction of sp³-hybridized carbons (Fsp3) is 0.294. The Morgan fingerprint density at radius 1 is 0.783 bits per heavy atom. The number of unbranched alkanes of at least 4 members (excludes halogenated alkanes) is 2. The fourth-order valence-corrected chi connectivity index (χ4v) is 3.28. The van der Waals surface area contributed by atoms with Crippen LogP contribution in [0.25, 0.3) is 0 Å². The molecule has 0 aliphatic rings. The molecule has 23 heavy (non-hydrogen) atoms. The molecule has 0 unspecified atom stereocenters. The van der Waals surface area contributed by atoms with Crippen LogP contribution < -0.4 is 4.72 Å². The minimum atomic E-state index is -3.51. The number of phenols is 2. The van der Waals surface area contributed by atoms with Gasteiger partial charge in [-0.1, -0.05) is 18.6 Å². The van der Waals surface area contributed by atoms with Crippen LogP contribution in [0.2, 0.25) is 0 Å². The van der Waals surface area contributed by atoms with E-state index in [0.717, 1.165) is 31.2 Å². The Hall–Kier alpha value is -2.05. The zero-order valence-electron chi connectivity index (χ0n) is 12.8. The van der Waals surface area contributed by atoms with E-state index in [4.69, 9.17) is 0 Å². The van der Waals surface area contributed by atoms with Gasteiger partial charge in [-0.3, -0.25) is 0 Å². The van der Waals surface area contributed by atoms with E-state index in [1.165, 1.54) is 24.3 Å². The standard InChI is InChI=1S/C17H21NO4S/c19-15-7-5-14(6-8-15)4-2-1-3-13-18-23(21,22)17-11-9-16(20)10-12-17/h5-12,18-20H,1-4,13H2. The minimum Gasteiger partial charge on any atom is -0.508 e. The average Bonchev–Trinajstić information content (AvgIpc) is 2.53. The van der Waals surface area contributed by atoms with Crippen LogP contribution >= 0.6 is 0 Å². The predicted octanol–water partition coefficient (Wildman–Crippen LogP) is 2.79. The zero-order chi connectivity index (χ0) is 16.7. The highest BCUT2D eigenvalue weighted by atomic mass is 32.2. The summed E-state index contributed by atoms with van der Waals surface area (Å²) in [5, 5.41) is 18.4. The average molecular weight is 335 g/mol. The van der Waals surface area contributed by atoms with Crippen LogP contribution in [0.4, 0.5) is 0 Å². The number of nitrogens with one attached hydrogen (secondary N) is 1. The SMILES string of the molecule is O=S(=O)(NCCCCCc1ccc(O)cc1)c1ccc(O)cc1. The van der Waals surface area contributed by atoms with Gasteiger partial charge in [-0.15, -0.1) is 0 Å². The van der Waals surface area contributed by atoms with Crippen molar-refractivity contribution in [2.45, 2.75) is 30.6 Å². The highest BCUT2D eigenvalue weighted by Crippen LogP contribution is 2.15. The molecule has 0 atom stereocenters. The van der Waals surface area contributed by atoms with Gasteiger partial charge in [0, 0.05) is 6.54 Å². The van der Waals surface area contributed by atoms with Crippen molar-refractivity contribution in [1.82, 2.24) is 4.72 Å². The van der Waals surface area contributed by atoms with E-state index in [0.29, 0.717) is 6.54 Å². The highest BCUT2D eigenvalue weighted by molar-refractivity contribution is 7.89. The van der Waals surface area contributed by atoms with Crippen molar-refractivity contribution >= 4 is 10.0 Å². The van der Waals surface area contributed by atoms with Crippen LogP contribution in [0.1, 0.15) is 24.8 Å². The topological polar surface area (TPSA) is 86.6 Å². The second kappa shape index (κ2) is 7.99. The van der Waals surface area contributed by atoms with Crippen molar-refractivity contribution in [2.75, 3.05) is 6.54 Å². The Balaban J connectivity index is 1.68. The Kier molecular flexibility index (Phi) is 6.01. The molecule has 0 saturated heterocycles. The van der Waals surface area contributed by atoms with Crippen molar-refractivity contribution in [3.63, 3.8) is 0 Å². The lowest BCUT2D eigenvalue weighted by molar-refractivity contribution is 0.474. The van der Waals surface area contributed by atoms with E-state index in [-0.39, 0.29) is 16.4 Å². The van der Waals surface area contributed by atoms with Crippen LogP contribution in [0.15, 0.2) is 53.4 Å². The van der Waals surface area contributed by atoms with Crippen LogP contribution in [-0.4, -0.2) is 25.2 Å². The molecule has 2 aromatic carbocycles. The molecule has 0 aliphatic carbocycles. The van der Waals surface area contributed by atoms with E-state index < -0.39 is 10.0 Å². The number of aromatic hydroxyl groups is 2. The number of rotatable bonds is 8. The summed E-state index contributed by atoms with van der Waals surface area (Å²) in [4.78, 5) is 0.152. The first-order valence-corrected chi connectivity index (χ1v) is 9.02. The van der Waals surface area contributed by atoms with Crippen molar-refractivity contribution in [3.8, 4) is 11.5 Å². The summed E-state index contributed by atoms with van der Waals surface area (Å²) in [7, 11) is -3.51. The third kappa shape index (κ3) is 5.58. The van der Waals surface area contributed by atoms with Gasteiger partial charge in [-0.25, -0.2) is 13.1 Å². The Morgan fingerprint density at radius 3 is 1.96 bits per heavy atom. The lowest BCUT2D eigenvalue weighted by Crippen LogP contribution is -2.24. The number of benzene rings is 2. The van der Waals surface area contributed by atoms with E-state index in [2.05, 4.69) is 4.72 Å². The summed E-state index contributed by atoms with van der Waals surface area (Å²) >= 11 is 0. The van der Waals surface area contributed by atoms with E-state index in [9.17, 15) is 18.6 Å². The van der Waals surface area contributed by atoms with Crippen LogP contribution in [-0.2, 0) is 16.4 Å². The van der Waals surface area contributed by atoms with Gasteiger partial charge in [0.05, 0.1) is 4.90 Å². The maximum absolute atomic E-state index is 12.0. The second-order valence-electron chi connectivity index (χ2n) is 5.37. The van der Waals surface area contributed by atoms with Gasteiger partial charge in [0.2, 0.25) is 10.0 Å². The Labute approximate surface area is 136 Å². The monoisotopic (exact) mass is 335 g/mol. The van der Waals surface area contributed by atoms with Gasteiger partial charge in [0.15, 0.2) is 0 Å². The lowest BCUT2D eigenvalue weighted by atomic mass is 10.1. The smallest absolute Gasteiger partial charge is 0.240 e. The molecule has 2 aromatic rings. The third-order valence-electron chi connectivity index (χ3n) is 3.52. The maximum atomic E-state index is 12.0. The zero-order valence-corrected chi connectivity index (χ0v) is 13.6. The van der Waals surface area contributed by atoms with E-state index in [1.54, 1.807) is 12.1 Å². The number of hydrogen-bond donors (Lipinski definition) is 3. The van der Waals surface area contributed by atoms with Gasteiger partial charge < -0.3 is 10.2 Å². The number of hydrogen-bond acceptors (Lipinski definition) is 4. The molecule has 0 amide bonds. The van der Waals surface area contributed by atoms with Crippen LogP contribution in [0.5, 0.6) is 11.5 Å². The summed E-state index contributed by atoms with van der Waals surface area (Å²) in [6, 6.07) is 12.6. The van der Waals surface area contributed by atoms with Crippen molar-refractivity contribution in [2.24, 2.45) is 0 Å². The largest absolute Gasteiger partial charge is 0.508 e. The molecule has 3 N–H and O–H groups in total. The third-order valence-corrected chi connectivity index (χ3v) is 4.99. The molecule has 0 spiro atoms. The predicted molar refractivity (Wildman–Crippen MR) is 89.0 cm³/mol. The molecule has 0 radical (unpaired) electrons. The van der Waals surface area contributed by atoms with Gasteiger partial charge in [-0.2, -0.15) is 0 Å². The molecular formula is C17H21NO4S. The quantitative estimate of drug-likeness (QED) is 0.648. The van der Waals surface area contributed by atoms with Crippen molar-refractivity contribution in [3.05, 3.63) is 54.1 Å². The molecular weight excluding hydrogens is 314 g/mol. The molecule has 0 aliphatic heterocycles. The van der Waals surface area contributed by atoms with Crippen LogP contribution in [0.3, 0.4) is 0 Å². The number of sulfonamides is 1. The highest BCUT2D eigenvalue weighted by Gasteiger charge is 2.12. The molecule has 0 heterocycles. The molecule has 0 bridgehead atoms. The summed E-state index contributed by atoms with van der Waals surface area (Å²) in [5.74, 6) is 0.301. The first-order valence-electron chi connectivity index (χ1n) is 7.54. The molecule has 0 aromatic heterocycles. The first kappa shape index (κ1) is 17.3. The fourth-order valence-electron chi connectivity index (χ4n) is 2.21. The molecule has 0 fully saturated rings. The van der Waals surface area contributed by atoms with Crippen molar-refractivity contribution in [1.29, 1.82) is 0 Å². The summed E-state index contributed by atoms with van der Waals surface area (Å²) in [5.41, 5.74) is 1.16. The Morgan fingerprint density at radius 2 is 1.35 bits per heavy atom. The summed E-state index contributed by atoms with van der Waals surface area (Å²) in [6.45, 7) is 0.388. The molecule has 5 nitrogen and oxygen atoms in total. The van der Waals surface area contributed by atoms with Crippen LogP contribution in [0, 0.1) is 0 Å². The van der Waals surface area contributed by atoms with Gasteiger partial charge >= 0.3 is 0 Å². The molecule has 2 rings (SSSR count). The first-order chi connectivity index (χ1) is 11.0. The van der Waals surface area contributed by atoms with Gasteiger partial charge in [0.25, 0.3) is 0 Å². The minimum absolute atomic E-state index is 0.0400. The van der Waals surface area contributed by atoms with E-state index in [1.807, 2.05) is 12.1 Å². The van der Waals surface area contributed by atoms with Crippen molar-refractivity contribution < 1.29 is 18.6 Å². The molecule has 124 valence electrons. The molecule has 6 heteroatoms. The molecule has 0 saturated carbocycles. The normalized spacial score (nSPS) is 11.5. The number of phenolic OH excluding ortho intramolecular Hbond substituents is 2. The number of aryl methyl sites for hydroxylation is 1. The van der Waals surface area contributed by atoms with E-state index >= 15 is 0 Å². The summed E-state index contributed by atoms with van der Waals surface area (Å²) in [6.07, 6.45) is 3.55. The lowest BCUT2D eigenvalue weighted by Gasteiger charge is -2.07. The Bertz CT molecular complexity index is 709. The van der Waals surface area contributed by atoms with Gasteiger partial charge in [0.1, 0.15) is 11.5 Å². The maximum Gasteiger partial charge on any atom is 0.240 e. The van der Waals surface area contributed by atoms with Gasteiger partial charge in [-0.05, 0) is 61.2 Å². The second-order valence-corrected chi connectivity index (χ2v) is 7.14.